The summed E-state index contributed by atoms with van der Waals surface area (Å²) in [5, 5.41) is 26.0. The van der Waals surface area contributed by atoms with E-state index in [-0.39, 0.29) is 63.4 Å². The maximum absolute atomic E-state index is 15.3. The van der Waals surface area contributed by atoms with E-state index in [1.807, 2.05) is 30.3 Å². The Hall–Kier alpha value is -7.51. The van der Waals surface area contributed by atoms with Crippen LogP contribution in [0.4, 0.5) is 30.1 Å². The summed E-state index contributed by atoms with van der Waals surface area (Å²) >= 11 is 0. The van der Waals surface area contributed by atoms with Gasteiger partial charge in [-0.25, -0.2) is 28.3 Å². The first-order valence-corrected chi connectivity index (χ1v) is 20.2. The van der Waals surface area contributed by atoms with Gasteiger partial charge in [-0.2, -0.15) is 0 Å². The number of rotatable bonds is 16. The van der Waals surface area contributed by atoms with Crippen LogP contribution in [0.15, 0.2) is 83.9 Å². The third kappa shape index (κ3) is 11.3. The SMILES string of the molecule is CCn1cc(C(=O)O)c(=O)c2cc(F)c(N3CCN(C(=O)OCc4ccc(NC(=O)C(CCCNC(N)=O)n5cc(C(C)(C)NC(=O)OCc6ccccc6)nn5)cc4)CC3)cc21. The molecule has 5 aromatic rings. The summed E-state index contributed by atoms with van der Waals surface area (Å²) in [7, 11) is 0. The number of aromatic nitrogens is 4. The van der Waals surface area contributed by atoms with Crippen molar-refractivity contribution in [1.82, 2.24) is 35.1 Å². The quantitative estimate of drug-likeness (QED) is 0.0848. The van der Waals surface area contributed by atoms with Crippen LogP contribution in [-0.2, 0) is 39.6 Å². The van der Waals surface area contributed by atoms with Crippen LogP contribution in [0, 0.1) is 5.82 Å². The van der Waals surface area contributed by atoms with E-state index in [9.17, 15) is 33.9 Å². The van der Waals surface area contributed by atoms with Gasteiger partial charge in [0.1, 0.15) is 36.3 Å². The fourth-order valence-electron chi connectivity index (χ4n) is 7.02. The van der Waals surface area contributed by atoms with Crippen LogP contribution in [0.3, 0.4) is 0 Å². The second kappa shape index (κ2) is 19.9. The zero-order valence-corrected chi connectivity index (χ0v) is 35.0. The number of anilines is 2. The average Bonchev–Trinajstić information content (AvgIpc) is 3.77. The number of amides is 5. The van der Waals surface area contributed by atoms with Gasteiger partial charge in [0.05, 0.1) is 22.9 Å². The standard InChI is InChI=1S/C43H49FN10O9/c1-4-51-23-31(39(57)58)37(55)30-21-32(44)35(22-34(30)51)52-17-19-53(20-18-52)42(61)63-26-28-12-14-29(15-13-28)47-38(56)33(11-8-16-46-40(45)59)54-24-36(49-50-54)43(2,3)48-41(60)62-25-27-9-6-5-7-10-27/h5-7,9-10,12-15,21-24,33H,4,8,11,16-20,25-26H2,1-3H3,(H,47,56)(H,48,60)(H,57,58)(H3,45,46,59). The first-order chi connectivity index (χ1) is 30.1. The number of piperazine rings is 1. The lowest BCUT2D eigenvalue weighted by Crippen LogP contribution is -2.49. The van der Waals surface area contributed by atoms with E-state index >= 15 is 4.39 Å². The number of nitrogens with one attached hydrogen (secondary N) is 3. The Labute approximate surface area is 360 Å². The largest absolute Gasteiger partial charge is 0.477 e. The van der Waals surface area contributed by atoms with E-state index < -0.39 is 58.5 Å². The zero-order valence-electron chi connectivity index (χ0n) is 35.0. The van der Waals surface area contributed by atoms with E-state index in [2.05, 4.69) is 26.3 Å². The second-order valence-electron chi connectivity index (χ2n) is 15.3. The number of ether oxygens (including phenoxy) is 2. The Morgan fingerprint density at radius 2 is 1.62 bits per heavy atom. The van der Waals surface area contributed by atoms with Crippen LogP contribution < -0.4 is 32.0 Å². The van der Waals surface area contributed by atoms with Crippen LogP contribution in [0.1, 0.15) is 66.8 Å². The maximum Gasteiger partial charge on any atom is 0.410 e. The summed E-state index contributed by atoms with van der Waals surface area (Å²) in [6, 6.07) is 17.0. The third-order valence-corrected chi connectivity index (χ3v) is 10.5. The minimum atomic E-state index is -1.39. The molecular formula is C43H49FN10O9. The summed E-state index contributed by atoms with van der Waals surface area (Å²) in [5.41, 5.74) is 5.94. The van der Waals surface area contributed by atoms with Gasteiger partial charge in [0, 0.05) is 56.5 Å². The molecule has 1 fully saturated rings. The highest BCUT2D eigenvalue weighted by molar-refractivity contribution is 5.94. The molecule has 6 rings (SSSR count). The number of aromatic carboxylic acids is 1. The molecule has 63 heavy (non-hydrogen) atoms. The molecule has 6 N–H and O–H groups in total. The van der Waals surface area contributed by atoms with Crippen molar-refractivity contribution >= 4 is 52.4 Å². The monoisotopic (exact) mass is 868 g/mol. The number of urea groups is 1. The van der Waals surface area contributed by atoms with Crippen LogP contribution in [0.25, 0.3) is 10.9 Å². The molecule has 3 heterocycles. The van der Waals surface area contributed by atoms with Gasteiger partial charge in [-0.1, -0.05) is 47.7 Å². The van der Waals surface area contributed by atoms with Crippen LogP contribution in [0.5, 0.6) is 0 Å². The predicted octanol–water partition coefficient (Wildman–Crippen LogP) is 4.70. The smallest absolute Gasteiger partial charge is 0.410 e. The first kappa shape index (κ1) is 45.0. The fraction of sp³-hybridized carbons (Fsp3) is 0.349. The number of halogens is 1. The number of aryl methyl sites for hydroxylation is 1. The lowest BCUT2D eigenvalue weighted by molar-refractivity contribution is -0.119. The van der Waals surface area contributed by atoms with Crippen LogP contribution in [0.2, 0.25) is 0 Å². The Kier molecular flexibility index (Phi) is 14.2. The highest BCUT2D eigenvalue weighted by Gasteiger charge is 2.30. The van der Waals surface area contributed by atoms with Crippen LogP contribution in [-0.4, -0.2) is 92.4 Å². The Morgan fingerprint density at radius 1 is 0.937 bits per heavy atom. The van der Waals surface area contributed by atoms with Crippen molar-refractivity contribution in [3.8, 4) is 0 Å². The molecule has 5 amide bonds. The van der Waals surface area contributed by atoms with E-state index in [0.29, 0.717) is 35.4 Å². The van der Waals surface area contributed by atoms with E-state index in [0.717, 1.165) is 11.6 Å². The van der Waals surface area contributed by atoms with Crippen molar-refractivity contribution in [3.63, 3.8) is 0 Å². The molecule has 0 aliphatic carbocycles. The minimum absolute atomic E-state index is 0.0255. The van der Waals surface area contributed by atoms with Crippen molar-refractivity contribution < 1.29 is 42.9 Å². The summed E-state index contributed by atoms with van der Waals surface area (Å²) in [5.74, 6) is -2.48. The summed E-state index contributed by atoms with van der Waals surface area (Å²) in [6.07, 6.45) is 2.22. The molecule has 1 unspecified atom stereocenters. The van der Waals surface area contributed by atoms with Gasteiger partial charge in [-0.15, -0.1) is 5.10 Å². The number of carboxylic acids is 1. The van der Waals surface area contributed by atoms with Crippen molar-refractivity contribution in [1.29, 1.82) is 0 Å². The van der Waals surface area contributed by atoms with Gasteiger partial charge in [0.25, 0.3) is 0 Å². The molecule has 19 nitrogen and oxygen atoms in total. The number of carbonyl (C=O) groups is 5. The molecule has 0 spiro atoms. The molecule has 1 atom stereocenters. The molecule has 1 saturated heterocycles. The number of alkyl carbamates (subject to hydrolysis) is 1. The van der Waals surface area contributed by atoms with Gasteiger partial charge < -0.3 is 50.6 Å². The number of carboxylic acid groups (broad SMARTS) is 1. The molecule has 1 aliphatic heterocycles. The van der Waals surface area contributed by atoms with Crippen molar-refractivity contribution in [2.75, 3.05) is 42.9 Å². The summed E-state index contributed by atoms with van der Waals surface area (Å²) in [6.45, 7) is 6.88. The topological polar surface area (TPSA) is 245 Å². The van der Waals surface area contributed by atoms with Gasteiger partial charge in [0.15, 0.2) is 0 Å². The Balaban J connectivity index is 1.03. The molecule has 1 aliphatic rings. The molecule has 0 bridgehead atoms. The number of carbonyl (C=O) groups excluding carboxylic acids is 4. The van der Waals surface area contributed by atoms with Gasteiger partial charge in [0.2, 0.25) is 11.3 Å². The molecule has 2 aromatic heterocycles. The molecule has 0 saturated carbocycles. The van der Waals surface area contributed by atoms with Crippen molar-refractivity contribution in [2.45, 2.75) is 65.0 Å². The van der Waals surface area contributed by atoms with Crippen LogP contribution >= 0.6 is 0 Å². The highest BCUT2D eigenvalue weighted by atomic mass is 19.1. The number of fused-ring (bicyclic) bond motifs is 1. The number of nitrogens with zero attached hydrogens (tertiary/aromatic N) is 6. The average molecular weight is 869 g/mol. The molecule has 20 heteroatoms. The van der Waals surface area contributed by atoms with Gasteiger partial charge in [-0.05, 0) is 69.0 Å². The number of hydrogen-bond acceptors (Lipinski definition) is 11. The molecular weight excluding hydrogens is 820 g/mol. The van der Waals surface area contributed by atoms with Gasteiger partial charge >= 0.3 is 24.2 Å². The van der Waals surface area contributed by atoms with E-state index in [1.54, 1.807) is 60.7 Å². The normalized spacial score (nSPS) is 13.3. The van der Waals surface area contributed by atoms with E-state index in [1.165, 1.54) is 21.8 Å². The van der Waals surface area contributed by atoms with Crippen molar-refractivity contribution in [2.24, 2.45) is 5.73 Å². The minimum Gasteiger partial charge on any atom is -0.477 e. The number of pyridine rings is 1. The maximum atomic E-state index is 15.3. The third-order valence-electron chi connectivity index (χ3n) is 10.5. The summed E-state index contributed by atoms with van der Waals surface area (Å²) < 4.78 is 29.3. The first-order valence-electron chi connectivity index (χ1n) is 20.2. The number of hydrogen-bond donors (Lipinski definition) is 5. The Bertz CT molecular complexity index is 2520. The molecule has 0 radical (unpaired) electrons. The lowest BCUT2D eigenvalue weighted by atomic mass is 10.0. The second-order valence-corrected chi connectivity index (χ2v) is 15.3. The molecule has 332 valence electrons. The van der Waals surface area contributed by atoms with Crippen molar-refractivity contribution in [3.05, 3.63) is 118 Å². The van der Waals surface area contributed by atoms with E-state index in [4.69, 9.17) is 15.2 Å². The van der Waals surface area contributed by atoms with Gasteiger partial charge in [-0.3, -0.25) is 9.59 Å². The number of primary amides is 1. The molecule has 3 aromatic carbocycles. The lowest BCUT2D eigenvalue weighted by Gasteiger charge is -2.35. The highest BCUT2D eigenvalue weighted by Crippen LogP contribution is 2.27. The number of benzene rings is 3. The predicted molar refractivity (Wildman–Crippen MR) is 229 cm³/mol. The fourth-order valence-corrected chi connectivity index (χ4v) is 7.02. The Morgan fingerprint density at radius 3 is 2.29 bits per heavy atom. The zero-order chi connectivity index (χ0) is 45.3. The number of nitrogens with two attached hydrogens (primary N) is 1. The summed E-state index contributed by atoms with van der Waals surface area (Å²) in [4.78, 5) is 78.2.